The van der Waals surface area contributed by atoms with E-state index in [-0.39, 0.29) is 6.04 Å². The fraction of sp³-hybridized carbons (Fsp3) is 0.286. The van der Waals surface area contributed by atoms with Crippen molar-refractivity contribution >= 4 is 34.5 Å². The Hall–Kier alpha value is -0.540. The second-order valence-electron chi connectivity index (χ2n) is 4.01. The van der Waals surface area contributed by atoms with E-state index in [0.717, 1.165) is 12.0 Å². The minimum Gasteiger partial charge on any atom is -0.309 e. The molecule has 0 aliphatic heterocycles. The third kappa shape index (κ3) is 2.72. The molecule has 0 aliphatic carbocycles. The fourth-order valence-corrected chi connectivity index (χ4v) is 3.64. The van der Waals surface area contributed by atoms with Gasteiger partial charge in [-0.2, -0.15) is 0 Å². The Morgan fingerprint density at radius 1 is 1.17 bits per heavy atom. The molecule has 0 radical (unpaired) electrons. The highest BCUT2D eigenvalue weighted by atomic mass is 35.5. The summed E-state index contributed by atoms with van der Waals surface area (Å²) >= 11 is 14.3. The van der Waals surface area contributed by atoms with Crippen molar-refractivity contribution in [2.45, 2.75) is 19.4 Å². The quantitative estimate of drug-likeness (QED) is 0.844. The number of nitrogens with one attached hydrogen (secondary N) is 1. The molecule has 96 valence electrons. The van der Waals surface area contributed by atoms with Gasteiger partial charge in [0, 0.05) is 25.4 Å². The molecular formula is C14H15Cl2NS. The van der Waals surface area contributed by atoms with Crippen molar-refractivity contribution in [3.05, 3.63) is 55.7 Å². The lowest BCUT2D eigenvalue weighted by Crippen LogP contribution is -2.17. The van der Waals surface area contributed by atoms with Gasteiger partial charge in [0.05, 0.1) is 6.04 Å². The van der Waals surface area contributed by atoms with Gasteiger partial charge in [-0.1, -0.05) is 36.2 Å². The molecule has 18 heavy (non-hydrogen) atoms. The van der Waals surface area contributed by atoms with Crippen LogP contribution in [-0.2, 0) is 6.42 Å². The van der Waals surface area contributed by atoms with Crippen LogP contribution >= 0.6 is 34.5 Å². The molecule has 0 spiro atoms. The van der Waals surface area contributed by atoms with Crippen LogP contribution in [0, 0.1) is 0 Å². The average Bonchev–Trinajstić information content (AvgIpc) is 2.82. The van der Waals surface area contributed by atoms with Crippen LogP contribution in [0.1, 0.15) is 28.3 Å². The highest BCUT2D eigenvalue weighted by Crippen LogP contribution is 2.36. The Morgan fingerprint density at radius 3 is 2.33 bits per heavy atom. The molecule has 1 aromatic heterocycles. The predicted octanol–water partition coefficient (Wildman–Crippen LogP) is 4.93. The highest BCUT2D eigenvalue weighted by Gasteiger charge is 2.19. The first-order valence-electron chi connectivity index (χ1n) is 5.87. The van der Waals surface area contributed by atoms with Gasteiger partial charge in [0.1, 0.15) is 0 Å². The lowest BCUT2D eigenvalue weighted by Gasteiger charge is -2.18. The van der Waals surface area contributed by atoms with Crippen LogP contribution in [0.2, 0.25) is 10.0 Å². The van der Waals surface area contributed by atoms with E-state index in [1.54, 1.807) is 11.3 Å². The maximum absolute atomic E-state index is 6.27. The molecular weight excluding hydrogens is 285 g/mol. The molecule has 2 rings (SSSR count). The number of hydrogen-bond donors (Lipinski definition) is 1. The summed E-state index contributed by atoms with van der Waals surface area (Å²) in [5.74, 6) is 0. The van der Waals surface area contributed by atoms with E-state index in [1.807, 2.05) is 25.2 Å². The van der Waals surface area contributed by atoms with Crippen LogP contribution < -0.4 is 5.32 Å². The van der Waals surface area contributed by atoms with E-state index in [1.165, 1.54) is 9.75 Å². The molecule has 1 nitrogen and oxygen atoms in total. The third-order valence-corrected chi connectivity index (χ3v) is 4.85. The first-order chi connectivity index (χ1) is 8.67. The number of hydrogen-bond acceptors (Lipinski definition) is 2. The van der Waals surface area contributed by atoms with E-state index in [0.29, 0.717) is 10.0 Å². The van der Waals surface area contributed by atoms with Gasteiger partial charge >= 0.3 is 0 Å². The van der Waals surface area contributed by atoms with Crippen molar-refractivity contribution in [2.75, 3.05) is 7.05 Å². The standard InChI is InChI=1S/C14H15Cl2NS/c1-3-9-7-8-12(18-9)14(17-2)13-10(15)5-4-6-11(13)16/h4-8,14,17H,3H2,1-2H3. The molecule has 0 amide bonds. The van der Waals surface area contributed by atoms with Gasteiger partial charge in [-0.3, -0.25) is 0 Å². The monoisotopic (exact) mass is 299 g/mol. The second kappa shape index (κ2) is 6.07. The molecule has 4 heteroatoms. The van der Waals surface area contributed by atoms with Crippen LogP contribution in [0.5, 0.6) is 0 Å². The largest absolute Gasteiger partial charge is 0.309 e. The SMILES string of the molecule is CCc1ccc(C(NC)c2c(Cl)cccc2Cl)s1. The summed E-state index contributed by atoms with van der Waals surface area (Å²) in [7, 11) is 1.93. The molecule has 1 N–H and O–H groups in total. The first-order valence-corrected chi connectivity index (χ1v) is 7.44. The number of aryl methyl sites for hydroxylation is 1. The highest BCUT2D eigenvalue weighted by molar-refractivity contribution is 7.12. The van der Waals surface area contributed by atoms with E-state index in [2.05, 4.69) is 24.4 Å². The maximum Gasteiger partial charge on any atom is 0.0698 e. The lowest BCUT2D eigenvalue weighted by molar-refractivity contribution is 0.704. The zero-order chi connectivity index (χ0) is 13.1. The Labute approximate surface area is 122 Å². The number of thiophene rings is 1. The molecule has 0 aliphatic rings. The summed E-state index contributed by atoms with van der Waals surface area (Å²) < 4.78 is 0. The number of rotatable bonds is 4. The van der Waals surface area contributed by atoms with Crippen molar-refractivity contribution < 1.29 is 0 Å². The smallest absolute Gasteiger partial charge is 0.0698 e. The fourth-order valence-electron chi connectivity index (χ4n) is 1.96. The normalized spacial score (nSPS) is 12.7. The topological polar surface area (TPSA) is 12.0 Å². The van der Waals surface area contributed by atoms with Crippen molar-refractivity contribution in [1.29, 1.82) is 0 Å². The van der Waals surface area contributed by atoms with Crippen LogP contribution in [0.3, 0.4) is 0 Å². The summed E-state index contributed by atoms with van der Waals surface area (Å²) in [5.41, 5.74) is 0.952. The van der Waals surface area contributed by atoms with E-state index in [9.17, 15) is 0 Å². The number of benzene rings is 1. The van der Waals surface area contributed by atoms with Gasteiger partial charge in [-0.05, 0) is 37.7 Å². The van der Waals surface area contributed by atoms with Crippen LogP contribution in [0.4, 0.5) is 0 Å². The van der Waals surface area contributed by atoms with E-state index >= 15 is 0 Å². The van der Waals surface area contributed by atoms with Gasteiger partial charge in [0.25, 0.3) is 0 Å². The van der Waals surface area contributed by atoms with Crippen LogP contribution in [-0.4, -0.2) is 7.05 Å². The molecule has 0 bridgehead atoms. The Bertz CT molecular complexity index is 516. The molecule has 2 aromatic rings. The first kappa shape index (κ1) is 13.9. The lowest BCUT2D eigenvalue weighted by atomic mass is 10.1. The average molecular weight is 300 g/mol. The predicted molar refractivity (Wildman–Crippen MR) is 81.1 cm³/mol. The van der Waals surface area contributed by atoms with Gasteiger partial charge < -0.3 is 5.32 Å². The minimum atomic E-state index is 0.0523. The number of halogens is 2. The molecule has 0 saturated heterocycles. The van der Waals surface area contributed by atoms with Gasteiger partial charge in [-0.15, -0.1) is 11.3 Å². The zero-order valence-corrected chi connectivity index (χ0v) is 12.7. The third-order valence-electron chi connectivity index (χ3n) is 2.89. The van der Waals surface area contributed by atoms with Gasteiger partial charge in [-0.25, -0.2) is 0 Å². The van der Waals surface area contributed by atoms with Crippen molar-refractivity contribution in [1.82, 2.24) is 5.32 Å². The van der Waals surface area contributed by atoms with Crippen molar-refractivity contribution in [2.24, 2.45) is 0 Å². The Morgan fingerprint density at radius 2 is 1.83 bits per heavy atom. The molecule has 1 unspecified atom stereocenters. The van der Waals surface area contributed by atoms with Crippen molar-refractivity contribution in [3.63, 3.8) is 0 Å². The van der Waals surface area contributed by atoms with E-state index in [4.69, 9.17) is 23.2 Å². The molecule has 1 aromatic carbocycles. The summed E-state index contributed by atoms with van der Waals surface area (Å²) in [5, 5.41) is 4.70. The molecule has 1 atom stereocenters. The molecule has 0 fully saturated rings. The van der Waals surface area contributed by atoms with Gasteiger partial charge in [0.15, 0.2) is 0 Å². The Kier molecular flexibility index (Phi) is 4.68. The maximum atomic E-state index is 6.27. The second-order valence-corrected chi connectivity index (χ2v) is 6.03. The van der Waals surface area contributed by atoms with Crippen LogP contribution in [0.15, 0.2) is 30.3 Å². The summed E-state index contributed by atoms with van der Waals surface area (Å²) in [6, 6.07) is 9.98. The summed E-state index contributed by atoms with van der Waals surface area (Å²) in [4.78, 5) is 2.61. The zero-order valence-electron chi connectivity index (χ0n) is 10.3. The summed E-state index contributed by atoms with van der Waals surface area (Å²) in [6.07, 6.45) is 1.05. The summed E-state index contributed by atoms with van der Waals surface area (Å²) in [6.45, 7) is 2.16. The minimum absolute atomic E-state index is 0.0523. The molecule has 1 heterocycles. The van der Waals surface area contributed by atoms with Crippen LogP contribution in [0.25, 0.3) is 0 Å². The van der Waals surface area contributed by atoms with Crippen molar-refractivity contribution in [3.8, 4) is 0 Å². The molecule has 0 saturated carbocycles. The van der Waals surface area contributed by atoms with Gasteiger partial charge in [0.2, 0.25) is 0 Å². The Balaban J connectivity index is 2.45. The van der Waals surface area contributed by atoms with E-state index < -0.39 is 0 Å².